The van der Waals surface area contributed by atoms with Crippen LogP contribution in [0.5, 0.6) is 0 Å². The molecule has 8 nitrogen and oxygen atoms in total. The average Bonchev–Trinajstić information content (AvgIpc) is 2.39. The summed E-state index contributed by atoms with van der Waals surface area (Å²) in [6, 6.07) is -2.06. The van der Waals surface area contributed by atoms with Crippen molar-refractivity contribution in [1.82, 2.24) is 0 Å². The largest absolute Gasteiger partial charge is 0.616 e. The van der Waals surface area contributed by atoms with E-state index in [0.29, 0.717) is 11.5 Å². The molecule has 0 aromatic rings. The lowest BCUT2D eigenvalue weighted by molar-refractivity contribution is -0.138. The number of nitrogens with two attached hydrogens (primary N) is 2. The molecular weight excluding hydrogens is 332 g/mol. The van der Waals surface area contributed by atoms with Crippen molar-refractivity contribution in [3.8, 4) is 0 Å². The van der Waals surface area contributed by atoms with Gasteiger partial charge in [-0.3, -0.25) is 9.59 Å². The fraction of sp³-hybridized carbons (Fsp3) is 0.500. The number of hydrogen-bond donors (Lipinski definition) is 4. The van der Waals surface area contributed by atoms with E-state index in [1.165, 1.54) is 12.2 Å². The molecule has 0 saturated carbocycles. The highest BCUT2D eigenvalue weighted by Gasteiger charge is 2.18. The van der Waals surface area contributed by atoms with Crippen molar-refractivity contribution in [2.45, 2.75) is 12.1 Å². The summed E-state index contributed by atoms with van der Waals surface area (Å²) >= 11 is -2.39. The van der Waals surface area contributed by atoms with E-state index in [1.54, 1.807) is 0 Å². The van der Waals surface area contributed by atoms with Crippen molar-refractivity contribution in [2.24, 2.45) is 11.5 Å². The van der Waals surface area contributed by atoms with Crippen LogP contribution in [0, 0.1) is 0 Å². The van der Waals surface area contributed by atoms with Gasteiger partial charge >= 0.3 is 11.9 Å². The second-order valence-corrected chi connectivity index (χ2v) is 7.11. The summed E-state index contributed by atoms with van der Waals surface area (Å²) in [4.78, 5) is 20.3. The van der Waals surface area contributed by atoms with Crippen molar-refractivity contribution in [2.75, 3.05) is 23.0 Å². The minimum Gasteiger partial charge on any atom is -0.616 e. The molecule has 0 spiro atoms. The summed E-state index contributed by atoms with van der Waals surface area (Å²) in [5.74, 6) is -1.69. The van der Waals surface area contributed by atoms with E-state index in [9.17, 15) is 18.7 Å². The third kappa shape index (κ3) is 13.9. The summed E-state index contributed by atoms with van der Waals surface area (Å²) in [5.41, 5.74) is 10.2. The lowest BCUT2D eigenvalue weighted by atomic mass is 10.4. The molecule has 0 amide bonds. The van der Waals surface area contributed by atoms with Gasteiger partial charge in [0.25, 0.3) is 0 Å². The summed E-state index contributed by atoms with van der Waals surface area (Å²) in [5, 5.41) is 16.6. The Morgan fingerprint density at radius 1 is 0.955 bits per heavy atom. The van der Waals surface area contributed by atoms with Crippen LogP contribution >= 0.6 is 0 Å². The van der Waals surface area contributed by atoms with Crippen LogP contribution in [0.15, 0.2) is 25.3 Å². The first-order valence-corrected chi connectivity index (χ1v) is 9.01. The number of carboxylic acid groups (broad SMARTS) is 2. The predicted molar refractivity (Wildman–Crippen MR) is 87.4 cm³/mol. The molecule has 4 unspecified atom stereocenters. The molecule has 128 valence electrons. The number of aliphatic carboxylic acids is 2. The van der Waals surface area contributed by atoms with E-state index in [1.807, 2.05) is 0 Å². The van der Waals surface area contributed by atoms with Crippen LogP contribution in [0.3, 0.4) is 0 Å². The quantitative estimate of drug-likeness (QED) is 0.276. The van der Waals surface area contributed by atoms with Crippen LogP contribution in [0.25, 0.3) is 0 Å². The Hall–Kier alpha value is -1.04. The molecule has 0 rings (SSSR count). The van der Waals surface area contributed by atoms with Crippen LogP contribution in [-0.4, -0.2) is 66.4 Å². The van der Waals surface area contributed by atoms with Crippen molar-refractivity contribution in [1.29, 1.82) is 0 Å². The summed E-state index contributed by atoms with van der Waals surface area (Å²) < 4.78 is 21.7. The molecule has 6 N–H and O–H groups in total. The zero-order chi connectivity index (χ0) is 17.7. The Balaban J connectivity index is 0. The van der Waals surface area contributed by atoms with Gasteiger partial charge in [-0.15, -0.1) is 0 Å². The molecule has 10 heteroatoms. The summed E-state index contributed by atoms with van der Waals surface area (Å²) in [6.45, 7) is 6.74. The Labute approximate surface area is 135 Å². The van der Waals surface area contributed by atoms with E-state index in [-0.39, 0.29) is 11.5 Å². The molecule has 22 heavy (non-hydrogen) atoms. The van der Waals surface area contributed by atoms with Gasteiger partial charge in [-0.2, -0.15) is 0 Å². The SMILES string of the molecule is C=CC[S+]([O-])CC(N)C(=O)O.C=CC[S+]([O-])CC(N)C(=O)O. The fourth-order valence-corrected chi connectivity index (χ4v) is 2.83. The molecule has 4 atom stereocenters. The van der Waals surface area contributed by atoms with E-state index in [2.05, 4.69) is 13.2 Å². The Morgan fingerprint density at radius 2 is 1.23 bits per heavy atom. The molecule has 0 fully saturated rings. The molecule has 0 aliphatic carbocycles. The van der Waals surface area contributed by atoms with Crippen LogP contribution in [0.1, 0.15) is 0 Å². The van der Waals surface area contributed by atoms with E-state index < -0.39 is 46.4 Å². The monoisotopic (exact) mass is 354 g/mol. The van der Waals surface area contributed by atoms with Gasteiger partial charge < -0.3 is 30.8 Å². The molecule has 0 heterocycles. The molecule has 0 bridgehead atoms. The minimum absolute atomic E-state index is 0.0125. The maximum atomic E-state index is 10.9. The van der Waals surface area contributed by atoms with Crippen molar-refractivity contribution in [3.63, 3.8) is 0 Å². The van der Waals surface area contributed by atoms with Crippen molar-refractivity contribution < 1.29 is 28.9 Å². The lowest BCUT2D eigenvalue weighted by Crippen LogP contribution is -2.37. The van der Waals surface area contributed by atoms with Gasteiger partial charge in [-0.05, 0) is 34.5 Å². The fourth-order valence-electron chi connectivity index (χ4n) is 0.942. The second-order valence-electron chi connectivity index (χ2n) is 4.01. The van der Waals surface area contributed by atoms with Crippen LogP contribution in [-0.2, 0) is 31.9 Å². The van der Waals surface area contributed by atoms with Crippen LogP contribution in [0.4, 0.5) is 0 Å². The molecule has 0 radical (unpaired) electrons. The Kier molecular flexibility index (Phi) is 14.4. The summed E-state index contributed by atoms with van der Waals surface area (Å²) in [7, 11) is 0. The van der Waals surface area contributed by atoms with Crippen LogP contribution < -0.4 is 11.5 Å². The van der Waals surface area contributed by atoms with Gasteiger partial charge in [-0.1, -0.05) is 13.2 Å². The lowest BCUT2D eigenvalue weighted by Gasteiger charge is -2.10. The Morgan fingerprint density at radius 3 is 1.41 bits per heavy atom. The van der Waals surface area contributed by atoms with E-state index in [0.717, 1.165) is 0 Å². The first-order valence-electron chi connectivity index (χ1n) is 6.04. The van der Waals surface area contributed by atoms with Gasteiger partial charge in [0.2, 0.25) is 0 Å². The number of rotatable bonds is 10. The molecule has 0 aliphatic rings. The van der Waals surface area contributed by atoms with E-state index >= 15 is 0 Å². The van der Waals surface area contributed by atoms with Gasteiger partial charge in [0.05, 0.1) is 0 Å². The molecule has 0 aromatic heterocycles. The first kappa shape index (κ1) is 23.2. The van der Waals surface area contributed by atoms with E-state index in [4.69, 9.17) is 21.7 Å². The third-order valence-electron chi connectivity index (χ3n) is 1.97. The summed E-state index contributed by atoms with van der Waals surface area (Å²) in [6.07, 6.45) is 2.95. The van der Waals surface area contributed by atoms with Gasteiger partial charge in [0.1, 0.15) is 35.1 Å². The number of carbonyl (C=O) groups is 2. The number of hydrogen-bond acceptors (Lipinski definition) is 6. The highest BCUT2D eigenvalue weighted by molar-refractivity contribution is 7.91. The second kappa shape index (κ2) is 13.6. The highest BCUT2D eigenvalue weighted by Crippen LogP contribution is 1.94. The third-order valence-corrected chi connectivity index (χ3v) is 4.65. The first-order chi connectivity index (χ1) is 10.1. The zero-order valence-electron chi connectivity index (χ0n) is 12.1. The van der Waals surface area contributed by atoms with Gasteiger partial charge in [0, 0.05) is 0 Å². The maximum absolute atomic E-state index is 10.9. The van der Waals surface area contributed by atoms with Crippen LogP contribution in [0.2, 0.25) is 0 Å². The molecule has 0 saturated heterocycles. The smallest absolute Gasteiger partial charge is 0.325 e. The topological polar surface area (TPSA) is 173 Å². The van der Waals surface area contributed by atoms with Crippen molar-refractivity contribution >= 4 is 34.3 Å². The molecule has 0 aromatic carbocycles. The zero-order valence-corrected chi connectivity index (χ0v) is 13.7. The maximum Gasteiger partial charge on any atom is 0.325 e. The average molecular weight is 354 g/mol. The predicted octanol–water partition coefficient (Wildman–Crippen LogP) is -1.33. The Bertz CT molecular complexity index is 336. The van der Waals surface area contributed by atoms with Gasteiger partial charge in [0.15, 0.2) is 0 Å². The minimum atomic E-state index is -1.19. The highest BCUT2D eigenvalue weighted by atomic mass is 32.2. The van der Waals surface area contributed by atoms with Gasteiger partial charge in [-0.25, -0.2) is 0 Å². The normalized spacial score (nSPS) is 15.5. The standard InChI is InChI=1S/2C6H11NO3S/c2*1-2-3-11(10)4-5(7)6(8)9/h2*2,5H,1,3-4,7H2,(H,8,9). The molecular formula is C12H22N2O6S2. The number of carboxylic acids is 2. The van der Waals surface area contributed by atoms with Crippen molar-refractivity contribution in [3.05, 3.63) is 25.3 Å². The molecule has 0 aliphatic heterocycles.